The Labute approximate surface area is 215 Å². The molecule has 2 aromatic carbocycles. The number of benzene rings is 2. The summed E-state index contributed by atoms with van der Waals surface area (Å²) in [4.78, 5) is 41.1. The number of aliphatic hydroxyl groups excluding tert-OH is 1. The van der Waals surface area contributed by atoms with Crippen LogP contribution in [0, 0.1) is 0 Å². The Morgan fingerprint density at radius 3 is 2.68 bits per heavy atom. The number of amides is 1. The van der Waals surface area contributed by atoms with E-state index in [2.05, 4.69) is 9.97 Å². The number of hydrogen-bond donors (Lipinski definition) is 1. The topological polar surface area (TPSA) is 110 Å². The number of alkyl halides is 2. The van der Waals surface area contributed by atoms with Crippen molar-refractivity contribution in [2.75, 3.05) is 7.05 Å². The molecule has 0 saturated heterocycles. The molecule has 0 aliphatic carbocycles. The zero-order valence-electron chi connectivity index (χ0n) is 20.7. The molecule has 11 heteroatoms. The Bertz CT molecular complexity index is 1640. The van der Waals surface area contributed by atoms with Crippen LogP contribution in [-0.4, -0.2) is 61.0 Å². The second-order valence-electron chi connectivity index (χ2n) is 9.74. The molecule has 0 radical (unpaired) electrons. The SMILES string of the molecule is CC(O)C(=O)c1nccc(-c2c(OC(F)F)ccc3c2[C@H]2C[C@](C)(c4nc5ccccc5n42)N(C)C3=O)n1. The van der Waals surface area contributed by atoms with Crippen molar-refractivity contribution in [3.05, 3.63) is 71.4 Å². The van der Waals surface area contributed by atoms with Gasteiger partial charge in [-0.05, 0) is 44.2 Å². The van der Waals surface area contributed by atoms with Crippen LogP contribution in [0.4, 0.5) is 8.78 Å². The second kappa shape index (κ2) is 8.38. The largest absolute Gasteiger partial charge is 0.434 e. The van der Waals surface area contributed by atoms with E-state index in [4.69, 9.17) is 9.72 Å². The van der Waals surface area contributed by atoms with Crippen LogP contribution in [0.3, 0.4) is 0 Å². The summed E-state index contributed by atoms with van der Waals surface area (Å²) in [6, 6.07) is 11.4. The van der Waals surface area contributed by atoms with Crippen LogP contribution in [0.2, 0.25) is 0 Å². The van der Waals surface area contributed by atoms with Gasteiger partial charge in [-0.3, -0.25) is 9.59 Å². The van der Waals surface area contributed by atoms with E-state index >= 15 is 0 Å². The van der Waals surface area contributed by atoms with Gasteiger partial charge in [0.2, 0.25) is 5.78 Å². The number of para-hydroxylation sites is 2. The van der Waals surface area contributed by atoms with E-state index in [1.165, 1.54) is 31.3 Å². The van der Waals surface area contributed by atoms with E-state index < -0.39 is 30.1 Å². The highest BCUT2D eigenvalue weighted by molar-refractivity contribution is 6.00. The number of carbonyl (C=O) groups excluding carboxylic acids is 2. The van der Waals surface area contributed by atoms with Crippen molar-refractivity contribution in [3.63, 3.8) is 0 Å². The van der Waals surface area contributed by atoms with Gasteiger partial charge in [-0.2, -0.15) is 8.78 Å². The summed E-state index contributed by atoms with van der Waals surface area (Å²) in [5, 5.41) is 9.79. The number of carbonyl (C=O) groups is 2. The molecule has 9 nitrogen and oxygen atoms in total. The van der Waals surface area contributed by atoms with Gasteiger partial charge in [0.1, 0.15) is 23.2 Å². The van der Waals surface area contributed by atoms with Crippen LogP contribution >= 0.6 is 0 Å². The first-order valence-electron chi connectivity index (χ1n) is 12.0. The van der Waals surface area contributed by atoms with Crippen molar-refractivity contribution in [2.24, 2.45) is 0 Å². The Balaban J connectivity index is 1.69. The van der Waals surface area contributed by atoms with Gasteiger partial charge in [0.25, 0.3) is 5.91 Å². The van der Waals surface area contributed by atoms with Crippen molar-refractivity contribution >= 4 is 22.7 Å². The molecular formula is C27H23F2N5O4. The molecule has 2 bridgehead atoms. The minimum Gasteiger partial charge on any atom is -0.434 e. The first-order chi connectivity index (χ1) is 18.1. The lowest BCUT2D eigenvalue weighted by molar-refractivity contribution is -0.0495. The quantitative estimate of drug-likeness (QED) is 0.398. The monoisotopic (exact) mass is 519 g/mol. The first-order valence-corrected chi connectivity index (χ1v) is 12.0. The maximum Gasteiger partial charge on any atom is 0.387 e. The Morgan fingerprint density at radius 1 is 1.18 bits per heavy atom. The van der Waals surface area contributed by atoms with Crippen LogP contribution in [0.25, 0.3) is 22.3 Å². The smallest absolute Gasteiger partial charge is 0.387 e. The lowest BCUT2D eigenvalue weighted by Crippen LogP contribution is -2.43. The zero-order valence-corrected chi connectivity index (χ0v) is 20.7. The molecule has 2 aliphatic rings. The lowest BCUT2D eigenvalue weighted by Gasteiger charge is -2.33. The van der Waals surface area contributed by atoms with Gasteiger partial charge in [-0.1, -0.05) is 12.1 Å². The zero-order chi connectivity index (χ0) is 26.9. The number of halogens is 2. The molecule has 38 heavy (non-hydrogen) atoms. The number of imidazole rings is 1. The highest BCUT2D eigenvalue weighted by atomic mass is 19.3. The predicted octanol–water partition coefficient (Wildman–Crippen LogP) is 3.95. The van der Waals surface area contributed by atoms with Crippen LogP contribution in [0.5, 0.6) is 5.75 Å². The fourth-order valence-electron chi connectivity index (χ4n) is 5.62. The van der Waals surface area contributed by atoms with E-state index in [1.807, 2.05) is 35.8 Å². The first kappa shape index (κ1) is 24.1. The third-order valence-electron chi connectivity index (χ3n) is 7.52. The lowest BCUT2D eigenvalue weighted by atomic mass is 9.89. The maximum atomic E-state index is 13.8. The molecule has 3 atom stereocenters. The number of rotatable bonds is 5. The molecule has 1 amide bonds. The average molecular weight is 520 g/mol. The van der Waals surface area contributed by atoms with Crippen LogP contribution in [-0.2, 0) is 5.54 Å². The number of nitrogens with zero attached hydrogens (tertiary/aromatic N) is 5. The molecule has 4 heterocycles. The van der Waals surface area contributed by atoms with Crippen molar-refractivity contribution in [3.8, 4) is 17.0 Å². The predicted molar refractivity (Wildman–Crippen MR) is 132 cm³/mol. The molecular weight excluding hydrogens is 496 g/mol. The third kappa shape index (κ3) is 3.34. The molecule has 1 N–H and O–H groups in total. The molecule has 6 rings (SSSR count). The van der Waals surface area contributed by atoms with Gasteiger partial charge in [0.05, 0.1) is 22.8 Å². The standard InChI is InChI=1S/C27H23F2N5O4/c1-13(35)22(36)23-30-11-10-16(31-23)21-19(38-26(28)29)9-8-14-20(21)18-12-27(2,33(3)24(14)37)25-32-15-6-4-5-7-17(15)34(18)25/h4-11,13,18,26,35H,12H2,1-3H3/t13?,18-,27-/m1/s1. The third-order valence-corrected chi connectivity index (χ3v) is 7.52. The summed E-state index contributed by atoms with van der Waals surface area (Å²) in [5.74, 6) is -0.811. The number of fused-ring (bicyclic) bond motifs is 9. The highest BCUT2D eigenvalue weighted by Gasteiger charge is 2.52. The van der Waals surface area contributed by atoms with Crippen LogP contribution in [0.1, 0.15) is 58.7 Å². The molecule has 0 fully saturated rings. The van der Waals surface area contributed by atoms with Crippen LogP contribution < -0.4 is 4.74 Å². The fraction of sp³-hybridized carbons (Fsp3) is 0.296. The van der Waals surface area contributed by atoms with E-state index in [1.54, 1.807) is 11.9 Å². The van der Waals surface area contributed by atoms with Crippen molar-refractivity contribution < 1.29 is 28.2 Å². The van der Waals surface area contributed by atoms with E-state index in [0.717, 1.165) is 11.0 Å². The molecule has 2 aromatic heterocycles. The van der Waals surface area contributed by atoms with Crippen molar-refractivity contribution in [1.29, 1.82) is 0 Å². The van der Waals surface area contributed by atoms with E-state index in [-0.39, 0.29) is 28.7 Å². The molecule has 1 unspecified atom stereocenters. The summed E-state index contributed by atoms with van der Waals surface area (Å²) in [7, 11) is 1.71. The normalized spacial score (nSPS) is 20.9. The van der Waals surface area contributed by atoms with E-state index in [0.29, 0.717) is 23.4 Å². The number of Topliss-reactive ketones (excluding diaryl/α,β-unsaturated/α-hetero) is 1. The fourth-order valence-corrected chi connectivity index (χ4v) is 5.62. The summed E-state index contributed by atoms with van der Waals surface area (Å²) in [6.45, 7) is 0.0851. The van der Waals surface area contributed by atoms with Gasteiger partial charge in [0, 0.05) is 36.4 Å². The van der Waals surface area contributed by atoms with Gasteiger partial charge in [-0.25, -0.2) is 15.0 Å². The average Bonchev–Trinajstić information content (AvgIpc) is 3.40. The van der Waals surface area contributed by atoms with Gasteiger partial charge in [-0.15, -0.1) is 0 Å². The number of ether oxygens (including phenoxy) is 1. The summed E-state index contributed by atoms with van der Waals surface area (Å²) in [5.41, 5.74) is 1.84. The summed E-state index contributed by atoms with van der Waals surface area (Å²) < 4.78 is 34.2. The van der Waals surface area contributed by atoms with Gasteiger partial charge < -0.3 is 19.3 Å². The highest BCUT2D eigenvalue weighted by Crippen LogP contribution is 2.54. The summed E-state index contributed by atoms with van der Waals surface area (Å²) in [6.07, 6.45) is 0.385. The molecule has 0 spiro atoms. The second-order valence-corrected chi connectivity index (χ2v) is 9.74. The van der Waals surface area contributed by atoms with E-state index in [9.17, 15) is 23.5 Å². The number of aliphatic hydroxyl groups is 1. The number of hydrogen-bond acceptors (Lipinski definition) is 7. The van der Waals surface area contributed by atoms with Gasteiger partial charge in [0.15, 0.2) is 5.82 Å². The Hall–Kier alpha value is -4.25. The molecule has 0 saturated carbocycles. The van der Waals surface area contributed by atoms with Crippen LogP contribution in [0.15, 0.2) is 48.7 Å². The van der Waals surface area contributed by atoms with Crippen molar-refractivity contribution in [2.45, 2.75) is 44.6 Å². The number of aromatic nitrogens is 4. The summed E-state index contributed by atoms with van der Waals surface area (Å²) >= 11 is 0. The maximum absolute atomic E-state index is 13.8. The minimum atomic E-state index is -3.14. The molecule has 4 aromatic rings. The molecule has 2 aliphatic heterocycles. The Morgan fingerprint density at radius 2 is 1.95 bits per heavy atom. The van der Waals surface area contributed by atoms with Crippen molar-refractivity contribution in [1.82, 2.24) is 24.4 Å². The van der Waals surface area contributed by atoms with Gasteiger partial charge >= 0.3 is 6.61 Å². The number of ketones is 1. The minimum absolute atomic E-state index is 0.119. The Kier molecular flexibility index (Phi) is 5.32. The molecule has 194 valence electrons.